The van der Waals surface area contributed by atoms with Crippen LogP contribution in [0.1, 0.15) is 29.1 Å². The van der Waals surface area contributed by atoms with Crippen LogP contribution in [0, 0.1) is 0 Å². The molecular formula is C14H15NO3S2. The Balaban J connectivity index is 2.36. The smallest absolute Gasteiger partial charge is 0.271 e. The number of Topliss-reactive ketones (excluding diaryl/α,β-unsaturated/α-hetero) is 1. The van der Waals surface area contributed by atoms with Crippen molar-refractivity contribution in [3.05, 3.63) is 46.8 Å². The summed E-state index contributed by atoms with van der Waals surface area (Å²) in [6.07, 6.45) is 0.796. The molecule has 1 N–H and O–H groups in total. The molecule has 1 heterocycles. The summed E-state index contributed by atoms with van der Waals surface area (Å²) in [4.78, 5) is 12.5. The largest absolute Gasteiger partial charge is 0.294 e. The molecule has 0 spiro atoms. The van der Waals surface area contributed by atoms with E-state index in [1.165, 1.54) is 18.3 Å². The van der Waals surface area contributed by atoms with Gasteiger partial charge in [-0.05, 0) is 37.6 Å². The second-order valence-corrected chi connectivity index (χ2v) is 7.36. The second-order valence-electron chi connectivity index (χ2n) is 4.28. The van der Waals surface area contributed by atoms with Gasteiger partial charge in [0.1, 0.15) is 4.21 Å². The summed E-state index contributed by atoms with van der Waals surface area (Å²) >= 11 is 1.24. The Kier molecular flexibility index (Phi) is 4.25. The predicted molar refractivity (Wildman–Crippen MR) is 81.0 cm³/mol. The number of anilines is 1. The van der Waals surface area contributed by atoms with Gasteiger partial charge >= 0.3 is 0 Å². The lowest BCUT2D eigenvalue weighted by atomic mass is 10.1. The molecule has 1 aromatic carbocycles. The van der Waals surface area contributed by atoms with Gasteiger partial charge in [0.15, 0.2) is 5.78 Å². The number of hydrogen-bond acceptors (Lipinski definition) is 4. The van der Waals surface area contributed by atoms with Crippen LogP contribution in [0.5, 0.6) is 0 Å². The fourth-order valence-corrected chi connectivity index (χ4v) is 4.14. The normalized spacial score (nSPS) is 11.3. The van der Waals surface area contributed by atoms with E-state index < -0.39 is 10.0 Å². The topological polar surface area (TPSA) is 63.2 Å². The van der Waals surface area contributed by atoms with Crippen molar-refractivity contribution in [3.8, 4) is 0 Å². The highest BCUT2D eigenvalue weighted by atomic mass is 32.2. The van der Waals surface area contributed by atoms with Crippen LogP contribution < -0.4 is 4.72 Å². The molecule has 2 aromatic rings. The van der Waals surface area contributed by atoms with Gasteiger partial charge < -0.3 is 0 Å². The number of aryl methyl sites for hydroxylation is 1. The van der Waals surface area contributed by atoms with Crippen LogP contribution in [-0.4, -0.2) is 14.2 Å². The summed E-state index contributed by atoms with van der Waals surface area (Å²) < 4.78 is 27.3. The van der Waals surface area contributed by atoms with Gasteiger partial charge in [0, 0.05) is 10.4 Å². The van der Waals surface area contributed by atoms with Crippen LogP contribution in [0.4, 0.5) is 5.69 Å². The van der Waals surface area contributed by atoms with Gasteiger partial charge in [-0.25, -0.2) is 8.42 Å². The Hall–Kier alpha value is -1.66. The van der Waals surface area contributed by atoms with Gasteiger partial charge in [-0.3, -0.25) is 9.52 Å². The molecule has 0 saturated heterocycles. The van der Waals surface area contributed by atoms with Crippen molar-refractivity contribution in [1.82, 2.24) is 0 Å². The maximum atomic E-state index is 12.3. The fraction of sp³-hybridized carbons (Fsp3) is 0.214. The fourth-order valence-electron chi connectivity index (χ4n) is 1.77. The van der Waals surface area contributed by atoms with E-state index in [1.54, 1.807) is 36.4 Å². The minimum absolute atomic E-state index is 0.177. The van der Waals surface area contributed by atoms with E-state index >= 15 is 0 Å². The number of nitrogens with one attached hydrogen (secondary N) is 1. The number of carbonyl (C=O) groups excluding carboxylic acids is 1. The third kappa shape index (κ3) is 3.08. The first-order valence-corrected chi connectivity index (χ1v) is 8.45. The van der Waals surface area contributed by atoms with Crippen LogP contribution in [0.25, 0.3) is 0 Å². The first-order chi connectivity index (χ1) is 9.44. The minimum Gasteiger partial charge on any atom is -0.294 e. The van der Waals surface area contributed by atoms with Crippen LogP contribution >= 0.6 is 11.3 Å². The Morgan fingerprint density at radius 1 is 1.20 bits per heavy atom. The standard InChI is InChI=1S/C14H15NO3S2/c1-3-11-8-9-14(19-11)20(17,18)15-13-7-5-4-6-12(13)10(2)16/h4-9,15H,3H2,1-2H3. The zero-order valence-corrected chi connectivity index (χ0v) is 12.8. The highest BCUT2D eigenvalue weighted by Gasteiger charge is 2.19. The van der Waals surface area contributed by atoms with Crippen LogP contribution in [-0.2, 0) is 16.4 Å². The molecule has 0 bridgehead atoms. The van der Waals surface area contributed by atoms with Gasteiger partial charge in [0.2, 0.25) is 0 Å². The van der Waals surface area contributed by atoms with Gasteiger partial charge in [-0.1, -0.05) is 19.1 Å². The molecule has 0 aliphatic carbocycles. The SMILES string of the molecule is CCc1ccc(S(=O)(=O)Nc2ccccc2C(C)=O)s1. The molecule has 0 aliphatic heterocycles. The average Bonchev–Trinajstić information content (AvgIpc) is 2.88. The van der Waals surface area contributed by atoms with E-state index in [4.69, 9.17) is 0 Å². The van der Waals surface area contributed by atoms with Gasteiger partial charge in [-0.15, -0.1) is 11.3 Å². The Morgan fingerprint density at radius 2 is 1.90 bits per heavy atom. The van der Waals surface area contributed by atoms with Gasteiger partial charge in [-0.2, -0.15) is 0 Å². The predicted octanol–water partition coefficient (Wildman–Crippen LogP) is 3.31. The first-order valence-electron chi connectivity index (χ1n) is 6.15. The molecule has 0 unspecified atom stereocenters. The zero-order valence-electron chi connectivity index (χ0n) is 11.2. The molecule has 20 heavy (non-hydrogen) atoms. The number of carbonyl (C=O) groups is 1. The molecule has 6 heteroatoms. The second kappa shape index (κ2) is 5.76. The molecule has 0 amide bonds. The highest BCUT2D eigenvalue weighted by Crippen LogP contribution is 2.25. The lowest BCUT2D eigenvalue weighted by molar-refractivity contribution is 0.101. The molecule has 0 saturated carbocycles. The zero-order chi connectivity index (χ0) is 14.8. The number of hydrogen-bond donors (Lipinski definition) is 1. The van der Waals surface area contributed by atoms with Crippen molar-refractivity contribution in [3.63, 3.8) is 0 Å². The summed E-state index contributed by atoms with van der Waals surface area (Å²) in [5.74, 6) is -0.177. The van der Waals surface area contributed by atoms with E-state index in [-0.39, 0.29) is 9.99 Å². The van der Waals surface area contributed by atoms with Crippen molar-refractivity contribution in [1.29, 1.82) is 0 Å². The molecular weight excluding hydrogens is 294 g/mol. The van der Waals surface area contributed by atoms with E-state index in [0.717, 1.165) is 11.3 Å². The number of thiophene rings is 1. The summed E-state index contributed by atoms with van der Waals surface area (Å²) in [5.41, 5.74) is 0.676. The Labute approximate surface area is 122 Å². The van der Waals surface area contributed by atoms with Crippen LogP contribution in [0.3, 0.4) is 0 Å². The van der Waals surface area contributed by atoms with E-state index in [1.807, 2.05) is 6.92 Å². The van der Waals surface area contributed by atoms with Crippen molar-refractivity contribution >= 4 is 32.8 Å². The molecule has 2 rings (SSSR count). The third-order valence-corrected chi connectivity index (χ3v) is 5.89. The van der Waals surface area contributed by atoms with Crippen molar-refractivity contribution in [2.24, 2.45) is 0 Å². The Morgan fingerprint density at radius 3 is 2.50 bits per heavy atom. The van der Waals surface area contributed by atoms with Gasteiger partial charge in [0.05, 0.1) is 5.69 Å². The summed E-state index contributed by atoms with van der Waals surface area (Å²) in [6, 6.07) is 9.97. The monoisotopic (exact) mass is 309 g/mol. The Bertz CT molecular complexity index is 732. The molecule has 0 aliphatic rings. The first kappa shape index (κ1) is 14.7. The minimum atomic E-state index is -3.64. The maximum absolute atomic E-state index is 12.3. The van der Waals surface area contributed by atoms with Crippen molar-refractivity contribution in [2.45, 2.75) is 24.5 Å². The average molecular weight is 309 g/mol. The van der Waals surface area contributed by atoms with Crippen molar-refractivity contribution in [2.75, 3.05) is 4.72 Å². The highest BCUT2D eigenvalue weighted by molar-refractivity contribution is 7.94. The van der Waals surface area contributed by atoms with Crippen molar-refractivity contribution < 1.29 is 13.2 Å². The van der Waals surface area contributed by atoms with Gasteiger partial charge in [0.25, 0.3) is 10.0 Å². The third-order valence-electron chi connectivity index (χ3n) is 2.80. The van der Waals surface area contributed by atoms with E-state index in [2.05, 4.69) is 4.72 Å². The number of ketones is 1. The van der Waals surface area contributed by atoms with E-state index in [9.17, 15) is 13.2 Å². The molecule has 0 fully saturated rings. The number of para-hydroxylation sites is 1. The number of sulfonamides is 1. The molecule has 0 atom stereocenters. The van der Waals surface area contributed by atoms with Crippen LogP contribution in [0.2, 0.25) is 0 Å². The summed E-state index contributed by atoms with van der Waals surface area (Å²) in [5, 5.41) is 0. The quantitative estimate of drug-likeness (QED) is 0.862. The summed E-state index contributed by atoms with van der Waals surface area (Å²) in [6.45, 7) is 3.38. The maximum Gasteiger partial charge on any atom is 0.271 e. The lowest BCUT2D eigenvalue weighted by Crippen LogP contribution is -2.13. The number of rotatable bonds is 5. The molecule has 1 aromatic heterocycles. The summed E-state index contributed by atoms with van der Waals surface area (Å²) in [7, 11) is -3.64. The van der Waals surface area contributed by atoms with Crippen LogP contribution in [0.15, 0.2) is 40.6 Å². The molecule has 0 radical (unpaired) electrons. The lowest BCUT2D eigenvalue weighted by Gasteiger charge is -2.09. The molecule has 4 nitrogen and oxygen atoms in total. The number of benzene rings is 1. The molecule has 106 valence electrons. The van der Waals surface area contributed by atoms with E-state index in [0.29, 0.717) is 11.3 Å².